The first-order valence-electron chi connectivity index (χ1n) is 8.09. The number of anilines is 1. The van der Waals surface area contributed by atoms with E-state index in [1.165, 1.54) is 23.1 Å². The number of nitrogens with one attached hydrogen (secondary N) is 1. The van der Waals surface area contributed by atoms with Crippen LogP contribution in [0.1, 0.15) is 10.5 Å². The average molecular weight is 429 g/mol. The minimum atomic E-state index is -0.331. The maximum Gasteiger partial charge on any atom is 0.275 e. The number of benzene rings is 1. The third kappa shape index (κ3) is 4.06. The van der Waals surface area contributed by atoms with Gasteiger partial charge in [0.05, 0.1) is 5.69 Å². The molecule has 0 aliphatic heterocycles. The molecule has 7 nitrogen and oxygen atoms in total. The molecule has 10 heteroatoms. The zero-order valence-electron chi connectivity index (χ0n) is 14.5. The number of rotatable bonds is 5. The van der Waals surface area contributed by atoms with Crippen molar-refractivity contribution in [1.29, 1.82) is 0 Å². The summed E-state index contributed by atoms with van der Waals surface area (Å²) in [6, 6.07) is 7.06. The van der Waals surface area contributed by atoms with Crippen molar-refractivity contribution < 1.29 is 4.79 Å². The molecule has 3 heterocycles. The molecule has 0 aliphatic rings. The van der Waals surface area contributed by atoms with Gasteiger partial charge in [0.2, 0.25) is 0 Å². The number of halogens is 1. The molecule has 140 valence electrons. The summed E-state index contributed by atoms with van der Waals surface area (Å²) in [6.07, 6.45) is 6.85. The van der Waals surface area contributed by atoms with Crippen molar-refractivity contribution in [3.63, 3.8) is 0 Å². The Labute approximate surface area is 173 Å². The average Bonchev–Trinajstić information content (AvgIpc) is 3.34. The Bertz CT molecular complexity index is 1130. The Morgan fingerprint density at radius 2 is 2.04 bits per heavy atom. The Hall–Kier alpha value is -2.75. The molecule has 0 aliphatic carbocycles. The molecule has 0 atom stereocenters. The van der Waals surface area contributed by atoms with E-state index in [9.17, 15) is 4.79 Å². The second-order valence-corrected chi connectivity index (χ2v) is 7.93. The van der Waals surface area contributed by atoms with Crippen LogP contribution in [0.15, 0.2) is 64.5 Å². The summed E-state index contributed by atoms with van der Waals surface area (Å²) in [4.78, 5) is 30.5. The van der Waals surface area contributed by atoms with Crippen LogP contribution in [-0.2, 0) is 7.05 Å². The number of amides is 1. The number of hydrogen-bond donors (Lipinski definition) is 1. The fraction of sp³-hybridized carbons (Fsp3) is 0.0556. The lowest BCUT2D eigenvalue weighted by atomic mass is 10.3. The van der Waals surface area contributed by atoms with Gasteiger partial charge >= 0.3 is 0 Å². The molecule has 0 bridgehead atoms. The number of imidazole rings is 1. The summed E-state index contributed by atoms with van der Waals surface area (Å²) in [6.45, 7) is 0. The van der Waals surface area contributed by atoms with E-state index in [0.29, 0.717) is 27.2 Å². The van der Waals surface area contributed by atoms with Gasteiger partial charge in [0.25, 0.3) is 5.91 Å². The van der Waals surface area contributed by atoms with Gasteiger partial charge in [-0.25, -0.2) is 19.9 Å². The van der Waals surface area contributed by atoms with Gasteiger partial charge in [0.1, 0.15) is 5.69 Å². The van der Waals surface area contributed by atoms with Crippen LogP contribution in [0.25, 0.3) is 10.8 Å². The van der Waals surface area contributed by atoms with E-state index in [4.69, 9.17) is 11.6 Å². The van der Waals surface area contributed by atoms with Crippen molar-refractivity contribution in [2.75, 3.05) is 5.32 Å². The molecule has 3 aromatic heterocycles. The van der Waals surface area contributed by atoms with Crippen molar-refractivity contribution in [1.82, 2.24) is 24.5 Å². The lowest BCUT2D eigenvalue weighted by Crippen LogP contribution is -2.13. The normalized spacial score (nSPS) is 10.8. The number of carbonyl (C=O) groups excluding carboxylic acids is 1. The van der Waals surface area contributed by atoms with E-state index in [-0.39, 0.29) is 5.91 Å². The Morgan fingerprint density at radius 3 is 2.79 bits per heavy atom. The first-order valence-corrected chi connectivity index (χ1v) is 10.2. The summed E-state index contributed by atoms with van der Waals surface area (Å²) in [7, 11) is 1.91. The number of carbonyl (C=O) groups is 1. The Kier molecular flexibility index (Phi) is 5.38. The van der Waals surface area contributed by atoms with Gasteiger partial charge in [-0.1, -0.05) is 11.6 Å². The van der Waals surface area contributed by atoms with Crippen molar-refractivity contribution in [3.05, 3.63) is 65.1 Å². The van der Waals surface area contributed by atoms with Crippen LogP contribution < -0.4 is 5.32 Å². The standard InChI is InChI=1S/C18H13ClN6OS2/c1-25-8-7-22-18(25)28-14-4-3-11(19)9-12(14)23-16(26)13-10-27-17(24-13)15-20-5-2-6-21-15/h2-10H,1H3,(H,23,26). The van der Waals surface area contributed by atoms with E-state index in [1.807, 2.05) is 23.9 Å². The number of nitrogens with zero attached hydrogens (tertiary/aromatic N) is 5. The second-order valence-electron chi connectivity index (χ2n) is 5.63. The predicted molar refractivity (Wildman–Crippen MR) is 110 cm³/mol. The molecule has 4 aromatic rings. The summed E-state index contributed by atoms with van der Waals surface area (Å²) < 4.78 is 1.90. The van der Waals surface area contributed by atoms with Crippen LogP contribution in [0.5, 0.6) is 0 Å². The number of aromatic nitrogens is 5. The van der Waals surface area contributed by atoms with Gasteiger partial charge in [-0.05, 0) is 36.0 Å². The van der Waals surface area contributed by atoms with Crippen molar-refractivity contribution in [2.24, 2.45) is 7.05 Å². The lowest BCUT2D eigenvalue weighted by molar-refractivity contribution is 0.102. The molecule has 0 unspecified atom stereocenters. The second kappa shape index (κ2) is 8.09. The molecule has 28 heavy (non-hydrogen) atoms. The smallest absolute Gasteiger partial charge is 0.275 e. The molecule has 1 aromatic carbocycles. The van der Waals surface area contributed by atoms with Gasteiger partial charge in [0.15, 0.2) is 16.0 Å². The van der Waals surface area contributed by atoms with Crippen LogP contribution in [0.3, 0.4) is 0 Å². The van der Waals surface area contributed by atoms with Crippen molar-refractivity contribution >= 4 is 46.3 Å². The summed E-state index contributed by atoms with van der Waals surface area (Å²) in [5, 5.41) is 6.47. The van der Waals surface area contributed by atoms with Gasteiger partial charge in [0, 0.05) is 47.1 Å². The summed E-state index contributed by atoms with van der Waals surface area (Å²) in [5.74, 6) is 0.155. The first-order chi connectivity index (χ1) is 13.6. The van der Waals surface area contributed by atoms with Crippen LogP contribution in [0.4, 0.5) is 5.69 Å². The SMILES string of the molecule is Cn1ccnc1Sc1ccc(Cl)cc1NC(=O)c1csc(-c2ncccn2)n1. The topological polar surface area (TPSA) is 85.6 Å². The van der Waals surface area contributed by atoms with E-state index in [2.05, 4.69) is 25.3 Å². The van der Waals surface area contributed by atoms with E-state index < -0.39 is 0 Å². The number of aryl methyl sites for hydroxylation is 1. The first kappa shape index (κ1) is 18.6. The molecule has 0 spiro atoms. The van der Waals surface area contributed by atoms with Crippen LogP contribution in [0, 0.1) is 0 Å². The van der Waals surface area contributed by atoms with Gasteiger partial charge in [-0.2, -0.15) is 0 Å². The monoisotopic (exact) mass is 428 g/mol. The van der Waals surface area contributed by atoms with E-state index in [0.717, 1.165) is 10.1 Å². The lowest BCUT2D eigenvalue weighted by Gasteiger charge is -2.10. The van der Waals surface area contributed by atoms with Crippen molar-refractivity contribution in [2.45, 2.75) is 10.1 Å². The highest BCUT2D eigenvalue weighted by atomic mass is 35.5. The molecule has 1 N–H and O–H groups in total. The molecule has 4 rings (SSSR count). The maximum absolute atomic E-state index is 12.7. The van der Waals surface area contributed by atoms with Gasteiger partial charge in [-0.15, -0.1) is 11.3 Å². The van der Waals surface area contributed by atoms with E-state index in [1.54, 1.807) is 42.2 Å². The fourth-order valence-corrected chi connectivity index (χ4v) is 4.10. The largest absolute Gasteiger partial charge is 0.329 e. The third-order valence-corrected chi connectivity index (χ3v) is 5.89. The quantitative estimate of drug-likeness (QED) is 0.507. The number of thiazole rings is 1. The Balaban J connectivity index is 1.57. The zero-order chi connectivity index (χ0) is 19.5. The summed E-state index contributed by atoms with van der Waals surface area (Å²) in [5.41, 5.74) is 0.886. The predicted octanol–water partition coefficient (Wildman–Crippen LogP) is 4.39. The molecular formula is C18H13ClN6OS2. The van der Waals surface area contributed by atoms with E-state index >= 15 is 0 Å². The zero-order valence-corrected chi connectivity index (χ0v) is 16.9. The van der Waals surface area contributed by atoms with Crippen LogP contribution >= 0.6 is 34.7 Å². The highest BCUT2D eigenvalue weighted by Gasteiger charge is 2.16. The molecule has 0 fully saturated rings. The molecule has 0 saturated carbocycles. The molecule has 0 saturated heterocycles. The van der Waals surface area contributed by atoms with Crippen LogP contribution in [-0.4, -0.2) is 30.4 Å². The Morgan fingerprint density at radius 1 is 1.21 bits per heavy atom. The van der Waals surface area contributed by atoms with Gasteiger partial charge < -0.3 is 9.88 Å². The number of hydrogen-bond acceptors (Lipinski definition) is 7. The molecule has 1 amide bonds. The van der Waals surface area contributed by atoms with Crippen LogP contribution in [0.2, 0.25) is 5.02 Å². The maximum atomic E-state index is 12.7. The fourth-order valence-electron chi connectivity index (χ4n) is 2.31. The minimum absolute atomic E-state index is 0.292. The highest BCUT2D eigenvalue weighted by Crippen LogP contribution is 2.34. The molecule has 0 radical (unpaired) electrons. The van der Waals surface area contributed by atoms with Crippen molar-refractivity contribution in [3.8, 4) is 10.8 Å². The van der Waals surface area contributed by atoms with Gasteiger partial charge in [-0.3, -0.25) is 4.79 Å². The third-order valence-electron chi connectivity index (χ3n) is 3.66. The highest BCUT2D eigenvalue weighted by molar-refractivity contribution is 7.99. The minimum Gasteiger partial charge on any atom is -0.329 e. The summed E-state index contributed by atoms with van der Waals surface area (Å²) >= 11 is 8.88. The molecular weight excluding hydrogens is 416 g/mol.